The summed E-state index contributed by atoms with van der Waals surface area (Å²) in [5.41, 5.74) is 0. The molecule has 0 rings (SSSR count). The van der Waals surface area contributed by atoms with Gasteiger partial charge in [-0.05, 0) is 18.3 Å². The van der Waals surface area contributed by atoms with E-state index in [9.17, 15) is 4.39 Å². The molecule has 0 aliphatic heterocycles. The first-order chi connectivity index (χ1) is 3.66. The number of halogens is 1. The summed E-state index contributed by atoms with van der Waals surface area (Å²) in [6, 6.07) is 0. The molecular weight excluding hydrogens is 103 g/mol. The number of rotatable bonds is 3. The Morgan fingerprint density at radius 1 is 1.25 bits per heavy atom. The lowest BCUT2D eigenvalue weighted by Crippen LogP contribution is -2.00. The Bertz CT molecular complexity index is 50.3. The molecule has 8 heavy (non-hydrogen) atoms. The monoisotopic (exact) mass is 118 g/mol. The first kappa shape index (κ1) is 7.93. The summed E-state index contributed by atoms with van der Waals surface area (Å²) < 4.78 is 11.7. The van der Waals surface area contributed by atoms with Crippen molar-refractivity contribution in [3.63, 3.8) is 0 Å². The summed E-state index contributed by atoms with van der Waals surface area (Å²) in [5, 5.41) is 0. The van der Waals surface area contributed by atoms with E-state index in [0.717, 1.165) is 6.42 Å². The van der Waals surface area contributed by atoms with Crippen molar-refractivity contribution in [2.75, 3.05) is 6.67 Å². The molecule has 0 bridgehead atoms. The number of hydrogen-bond donors (Lipinski definition) is 0. The predicted octanol–water partition coefficient (Wildman–Crippen LogP) is 2.64. The Morgan fingerprint density at radius 2 is 1.75 bits per heavy atom. The highest BCUT2D eigenvalue weighted by Crippen LogP contribution is 2.10. The lowest BCUT2D eigenvalue weighted by atomic mass is 10.0. The largest absolute Gasteiger partial charge is 0.251 e. The van der Waals surface area contributed by atoms with Crippen molar-refractivity contribution >= 4 is 0 Å². The third kappa shape index (κ3) is 4.10. The molecule has 1 atom stereocenters. The van der Waals surface area contributed by atoms with Crippen molar-refractivity contribution in [1.82, 2.24) is 0 Å². The molecule has 50 valence electrons. The molecular formula is C7H15F. The van der Waals surface area contributed by atoms with Gasteiger partial charge in [-0.15, -0.1) is 0 Å². The molecule has 0 radical (unpaired) electrons. The van der Waals surface area contributed by atoms with E-state index in [4.69, 9.17) is 0 Å². The lowest BCUT2D eigenvalue weighted by Gasteiger charge is -2.07. The first-order valence-electron chi connectivity index (χ1n) is 3.22. The van der Waals surface area contributed by atoms with Crippen LogP contribution >= 0.6 is 0 Å². The van der Waals surface area contributed by atoms with E-state index in [0.29, 0.717) is 5.92 Å². The topological polar surface area (TPSA) is 0 Å². The average Bonchev–Trinajstić information content (AvgIpc) is 1.65. The van der Waals surface area contributed by atoms with Gasteiger partial charge in [-0.1, -0.05) is 20.8 Å². The molecule has 0 saturated carbocycles. The summed E-state index contributed by atoms with van der Waals surface area (Å²) >= 11 is 0. The molecule has 0 aliphatic carbocycles. The van der Waals surface area contributed by atoms with Crippen LogP contribution in [0.5, 0.6) is 0 Å². The van der Waals surface area contributed by atoms with Crippen LogP contribution in [-0.2, 0) is 0 Å². The van der Waals surface area contributed by atoms with Crippen molar-refractivity contribution < 1.29 is 4.39 Å². The molecule has 0 aliphatic rings. The van der Waals surface area contributed by atoms with E-state index in [1.807, 2.05) is 6.92 Å². The van der Waals surface area contributed by atoms with Gasteiger partial charge in [0.05, 0.1) is 6.67 Å². The summed E-state index contributed by atoms with van der Waals surface area (Å²) in [6.45, 7) is 6.01. The maximum absolute atomic E-state index is 11.7. The van der Waals surface area contributed by atoms with Crippen LogP contribution in [0.3, 0.4) is 0 Å². The molecule has 0 amide bonds. The van der Waals surface area contributed by atoms with Gasteiger partial charge in [-0.2, -0.15) is 0 Å². The van der Waals surface area contributed by atoms with Gasteiger partial charge in [0, 0.05) is 0 Å². The van der Waals surface area contributed by atoms with E-state index in [1.54, 1.807) is 0 Å². The second-order valence-electron chi connectivity index (χ2n) is 2.89. The zero-order valence-electron chi connectivity index (χ0n) is 5.95. The van der Waals surface area contributed by atoms with Crippen LogP contribution < -0.4 is 0 Å². The van der Waals surface area contributed by atoms with Crippen molar-refractivity contribution in [3.05, 3.63) is 0 Å². The van der Waals surface area contributed by atoms with E-state index in [-0.39, 0.29) is 12.6 Å². The Balaban J connectivity index is 3.10. The molecule has 0 unspecified atom stereocenters. The Kier molecular flexibility index (Phi) is 3.84. The van der Waals surface area contributed by atoms with Crippen molar-refractivity contribution in [2.45, 2.75) is 27.2 Å². The predicted molar refractivity (Wildman–Crippen MR) is 34.6 cm³/mol. The number of hydrogen-bond acceptors (Lipinski definition) is 0. The zero-order chi connectivity index (χ0) is 6.57. The van der Waals surface area contributed by atoms with Crippen LogP contribution in [0.15, 0.2) is 0 Å². The second kappa shape index (κ2) is 3.88. The van der Waals surface area contributed by atoms with Gasteiger partial charge in [-0.3, -0.25) is 4.39 Å². The molecule has 0 aromatic rings. The molecule has 0 saturated heterocycles. The Morgan fingerprint density at radius 3 is 1.88 bits per heavy atom. The van der Waals surface area contributed by atoms with Gasteiger partial charge in [0.25, 0.3) is 0 Å². The second-order valence-corrected chi connectivity index (χ2v) is 2.89. The molecule has 0 aromatic carbocycles. The highest BCUT2D eigenvalue weighted by molar-refractivity contribution is 4.52. The summed E-state index contributed by atoms with van der Waals surface area (Å²) in [4.78, 5) is 0. The van der Waals surface area contributed by atoms with Gasteiger partial charge in [0.2, 0.25) is 0 Å². The average molecular weight is 118 g/mol. The molecule has 0 spiro atoms. The highest BCUT2D eigenvalue weighted by atomic mass is 19.1. The maximum atomic E-state index is 11.7. The van der Waals surface area contributed by atoms with Crippen LogP contribution in [0.4, 0.5) is 4.39 Å². The summed E-state index contributed by atoms with van der Waals surface area (Å²) in [6.07, 6.45) is 1.01. The Labute approximate surface area is 51.1 Å². The quantitative estimate of drug-likeness (QED) is 0.534. The minimum absolute atomic E-state index is 0.168. The standard InChI is InChI=1S/C7H15F/c1-6(2)4-7(3)5-8/h6-7H,4-5H2,1-3H3/t7-/m0/s1. The molecule has 1 heteroatoms. The normalized spacial score (nSPS) is 14.6. The van der Waals surface area contributed by atoms with Gasteiger partial charge in [0.15, 0.2) is 0 Å². The fraction of sp³-hybridized carbons (Fsp3) is 1.00. The molecule has 0 N–H and O–H groups in total. The highest BCUT2D eigenvalue weighted by Gasteiger charge is 2.02. The van der Waals surface area contributed by atoms with Gasteiger partial charge in [-0.25, -0.2) is 0 Å². The molecule has 0 heterocycles. The molecule has 0 aromatic heterocycles. The third-order valence-electron chi connectivity index (χ3n) is 1.14. The van der Waals surface area contributed by atoms with E-state index >= 15 is 0 Å². The molecule has 0 nitrogen and oxygen atoms in total. The summed E-state index contributed by atoms with van der Waals surface area (Å²) in [7, 11) is 0. The third-order valence-corrected chi connectivity index (χ3v) is 1.14. The minimum atomic E-state index is -0.168. The van der Waals surface area contributed by atoms with Gasteiger partial charge >= 0.3 is 0 Å². The SMILES string of the molecule is CC(C)C[C@H](C)CF. The van der Waals surface area contributed by atoms with E-state index in [2.05, 4.69) is 13.8 Å². The van der Waals surface area contributed by atoms with E-state index in [1.165, 1.54) is 0 Å². The lowest BCUT2D eigenvalue weighted by molar-refractivity contribution is 0.333. The van der Waals surface area contributed by atoms with Gasteiger partial charge in [0.1, 0.15) is 0 Å². The maximum Gasteiger partial charge on any atom is 0.0920 e. The van der Waals surface area contributed by atoms with Crippen molar-refractivity contribution in [3.8, 4) is 0 Å². The fourth-order valence-corrected chi connectivity index (χ4v) is 0.868. The van der Waals surface area contributed by atoms with Crippen LogP contribution in [0, 0.1) is 11.8 Å². The van der Waals surface area contributed by atoms with E-state index < -0.39 is 0 Å². The smallest absolute Gasteiger partial charge is 0.0920 e. The van der Waals surface area contributed by atoms with Crippen LogP contribution in [0.2, 0.25) is 0 Å². The van der Waals surface area contributed by atoms with Crippen LogP contribution in [-0.4, -0.2) is 6.67 Å². The number of alkyl halides is 1. The van der Waals surface area contributed by atoms with Crippen molar-refractivity contribution in [2.24, 2.45) is 11.8 Å². The molecule has 0 fully saturated rings. The zero-order valence-corrected chi connectivity index (χ0v) is 5.95. The van der Waals surface area contributed by atoms with Gasteiger partial charge < -0.3 is 0 Å². The van der Waals surface area contributed by atoms with Crippen molar-refractivity contribution in [1.29, 1.82) is 0 Å². The summed E-state index contributed by atoms with van der Waals surface area (Å²) in [5.74, 6) is 0.899. The fourth-order valence-electron chi connectivity index (χ4n) is 0.868. The van der Waals surface area contributed by atoms with Crippen LogP contribution in [0.25, 0.3) is 0 Å². The van der Waals surface area contributed by atoms with Crippen LogP contribution in [0.1, 0.15) is 27.2 Å². The Hall–Kier alpha value is -0.0700. The first-order valence-corrected chi connectivity index (χ1v) is 3.22. The minimum Gasteiger partial charge on any atom is -0.251 e.